The first-order valence-electron chi connectivity index (χ1n) is 12.7. The average Bonchev–Trinajstić information content (AvgIpc) is 2.81. The van der Waals surface area contributed by atoms with Gasteiger partial charge in [-0.3, -0.25) is 0 Å². The number of hydrogen-bond donors (Lipinski definition) is 0. The standard InChI is InChI=1S/C18H15As/c1-4-10-16(11-5-1)19(17-12-6-2-7-13-17)18-14-8-3-9-15-18/h1-15H/i1D,2D,3D,4D,5D,6D,7D,8D,9D,10D,11D,12D,13D,14D,15D. The molecule has 0 unspecified atom stereocenters. The molecule has 92 valence electrons. The Bertz CT molecular complexity index is 1110. The van der Waals surface area contributed by atoms with Crippen LogP contribution >= 0.6 is 0 Å². The molecule has 0 saturated heterocycles. The molecule has 0 amide bonds. The molecule has 0 heterocycles. The Morgan fingerprint density at radius 2 is 0.737 bits per heavy atom. The quantitative estimate of drug-likeness (QED) is 0.649. The Morgan fingerprint density at radius 3 is 1.00 bits per heavy atom. The Morgan fingerprint density at radius 1 is 0.474 bits per heavy atom. The molecular formula is C18H15As. The Kier molecular flexibility index (Phi) is 1.20. The summed E-state index contributed by atoms with van der Waals surface area (Å²) in [5.41, 5.74) is 0. The van der Waals surface area contributed by atoms with E-state index in [0.29, 0.717) is 0 Å². The van der Waals surface area contributed by atoms with E-state index in [1.807, 2.05) is 0 Å². The van der Waals surface area contributed by atoms with Crippen LogP contribution in [0.3, 0.4) is 0 Å². The van der Waals surface area contributed by atoms with Gasteiger partial charge in [0.15, 0.2) is 0 Å². The van der Waals surface area contributed by atoms with Crippen molar-refractivity contribution in [3.63, 3.8) is 0 Å². The molecule has 0 spiro atoms. The molecule has 0 fully saturated rings. The van der Waals surface area contributed by atoms with Gasteiger partial charge in [0.2, 0.25) is 0 Å². The normalized spacial score (nSPS) is 21.6. The van der Waals surface area contributed by atoms with Gasteiger partial charge in [-0.1, -0.05) is 0 Å². The van der Waals surface area contributed by atoms with Gasteiger partial charge < -0.3 is 0 Å². The molecule has 0 radical (unpaired) electrons. The summed E-state index contributed by atoms with van der Waals surface area (Å²) in [6.07, 6.45) is 0. The van der Waals surface area contributed by atoms with Gasteiger partial charge in [0.05, 0.1) is 0 Å². The van der Waals surface area contributed by atoms with Crippen molar-refractivity contribution in [2.45, 2.75) is 0 Å². The fraction of sp³-hybridized carbons (Fsp3) is 0. The van der Waals surface area contributed by atoms with Crippen LogP contribution in [-0.4, -0.2) is 14.7 Å². The third-order valence-corrected chi connectivity index (χ3v) is 6.35. The van der Waals surface area contributed by atoms with E-state index in [1.165, 1.54) is 0 Å². The fourth-order valence-electron chi connectivity index (χ4n) is 1.40. The number of rotatable bonds is 3. The van der Waals surface area contributed by atoms with E-state index < -0.39 is 118 Å². The van der Waals surface area contributed by atoms with E-state index in [-0.39, 0.29) is 0 Å². The third-order valence-electron chi connectivity index (χ3n) is 2.13. The second kappa shape index (κ2) is 5.91. The molecule has 0 atom stereocenters. The molecular weight excluding hydrogens is 291 g/mol. The monoisotopic (exact) mass is 321 g/mol. The van der Waals surface area contributed by atoms with E-state index in [4.69, 9.17) is 20.6 Å². The molecule has 0 aliphatic heterocycles. The predicted octanol–water partition coefficient (Wildman–Crippen LogP) is 2.20. The van der Waals surface area contributed by atoms with E-state index >= 15 is 0 Å². The van der Waals surface area contributed by atoms with Gasteiger partial charge in [0, 0.05) is 0 Å². The van der Waals surface area contributed by atoms with Crippen LogP contribution in [0.15, 0.2) is 90.6 Å². The maximum absolute atomic E-state index is 8.40. The first kappa shape index (κ1) is 3.87. The van der Waals surface area contributed by atoms with Crippen LogP contribution in [0.2, 0.25) is 0 Å². The van der Waals surface area contributed by atoms with Crippen molar-refractivity contribution in [2.24, 2.45) is 0 Å². The number of hydrogen-bond acceptors (Lipinski definition) is 0. The zero-order valence-electron chi connectivity index (χ0n) is 24.4. The van der Waals surface area contributed by atoms with Gasteiger partial charge >= 0.3 is 139 Å². The summed E-state index contributed by atoms with van der Waals surface area (Å²) in [5, 5.41) is 0. The zero-order valence-corrected chi connectivity index (χ0v) is 11.3. The zero-order chi connectivity index (χ0) is 26.0. The summed E-state index contributed by atoms with van der Waals surface area (Å²) in [6.45, 7) is 0. The van der Waals surface area contributed by atoms with Crippen molar-refractivity contribution < 1.29 is 20.6 Å². The van der Waals surface area contributed by atoms with Crippen LogP contribution in [0.1, 0.15) is 20.6 Å². The minimum absolute atomic E-state index is 0.435. The Hall–Kier alpha value is -1.78. The fourth-order valence-corrected chi connectivity index (χ4v) is 4.92. The van der Waals surface area contributed by atoms with E-state index in [1.54, 1.807) is 0 Å². The topological polar surface area (TPSA) is 0 Å². The van der Waals surface area contributed by atoms with Gasteiger partial charge in [0.25, 0.3) is 0 Å². The second-order valence-electron chi connectivity index (χ2n) is 3.26. The molecule has 0 aliphatic carbocycles. The molecule has 0 aromatic heterocycles. The van der Waals surface area contributed by atoms with Gasteiger partial charge in [0.1, 0.15) is 0 Å². The summed E-state index contributed by atoms with van der Waals surface area (Å²) in [7, 11) is 0. The van der Waals surface area contributed by atoms with Gasteiger partial charge in [-0.2, -0.15) is 0 Å². The number of benzene rings is 3. The van der Waals surface area contributed by atoms with Crippen LogP contribution < -0.4 is 13.1 Å². The van der Waals surface area contributed by atoms with E-state index in [2.05, 4.69) is 0 Å². The summed E-state index contributed by atoms with van der Waals surface area (Å²) in [6, 6.07) is -11.1. The van der Waals surface area contributed by atoms with Gasteiger partial charge in [-0.25, -0.2) is 0 Å². The average molecular weight is 321 g/mol. The van der Waals surface area contributed by atoms with Gasteiger partial charge in [-0.15, -0.1) is 0 Å². The van der Waals surface area contributed by atoms with Crippen LogP contribution in [0.5, 0.6) is 0 Å². The third kappa shape index (κ3) is 2.80. The molecule has 3 rings (SSSR count). The summed E-state index contributed by atoms with van der Waals surface area (Å²) < 4.78 is 121. The Balaban J connectivity index is 2.68. The Labute approximate surface area is 140 Å². The molecule has 3 aromatic carbocycles. The molecule has 0 aliphatic rings. The van der Waals surface area contributed by atoms with Crippen molar-refractivity contribution in [2.75, 3.05) is 0 Å². The summed E-state index contributed by atoms with van der Waals surface area (Å²) in [5.74, 6) is 0. The maximum atomic E-state index is 8.40. The van der Waals surface area contributed by atoms with Crippen molar-refractivity contribution in [3.8, 4) is 0 Å². The first-order valence-corrected chi connectivity index (χ1v) is 7.99. The molecule has 0 saturated carbocycles. The van der Waals surface area contributed by atoms with Crippen molar-refractivity contribution in [1.82, 2.24) is 0 Å². The summed E-state index contributed by atoms with van der Waals surface area (Å²) in [4.78, 5) is 0. The molecule has 19 heavy (non-hydrogen) atoms. The SMILES string of the molecule is [2H]c1c([2H])c([2H])c([As](c2c([2H])c([2H])c([2H])c([2H])c2[2H])c2c([2H])c([2H])c([2H])c([2H])c2[2H])c([2H])c1[2H]. The van der Waals surface area contributed by atoms with Crippen LogP contribution in [0, 0.1) is 0 Å². The van der Waals surface area contributed by atoms with Crippen LogP contribution in [0.25, 0.3) is 0 Å². The molecule has 1 heteroatoms. The van der Waals surface area contributed by atoms with E-state index in [9.17, 15) is 0 Å². The predicted molar refractivity (Wildman–Crippen MR) is 84.0 cm³/mol. The summed E-state index contributed by atoms with van der Waals surface area (Å²) >= 11 is -3.97. The molecule has 3 aromatic rings. The molecule has 0 nitrogen and oxygen atoms in total. The van der Waals surface area contributed by atoms with Crippen molar-refractivity contribution in [3.05, 3.63) is 90.6 Å². The van der Waals surface area contributed by atoms with Crippen LogP contribution in [-0.2, 0) is 0 Å². The van der Waals surface area contributed by atoms with Crippen molar-refractivity contribution >= 4 is 27.7 Å². The molecule has 0 bridgehead atoms. The second-order valence-corrected chi connectivity index (χ2v) is 7.48. The molecule has 0 N–H and O–H groups in total. The van der Waals surface area contributed by atoms with Crippen molar-refractivity contribution in [1.29, 1.82) is 0 Å². The first-order chi connectivity index (χ1) is 15.7. The van der Waals surface area contributed by atoms with E-state index in [0.717, 1.165) is 0 Å². The minimum atomic E-state index is -3.97. The van der Waals surface area contributed by atoms with Gasteiger partial charge in [-0.05, 0) is 0 Å². The van der Waals surface area contributed by atoms with Crippen LogP contribution in [0.4, 0.5) is 0 Å².